The van der Waals surface area contributed by atoms with Gasteiger partial charge in [0.2, 0.25) is 5.79 Å². The number of rotatable bonds is 6. The lowest BCUT2D eigenvalue weighted by Gasteiger charge is -2.43. The Kier molecular flexibility index (Phi) is 13.9. The maximum Gasteiger partial charge on any atom is 0.224 e. The van der Waals surface area contributed by atoms with Crippen LogP contribution in [0.4, 0.5) is 0 Å². The third-order valence-corrected chi connectivity index (χ3v) is 4.17. The van der Waals surface area contributed by atoms with Crippen LogP contribution in [0.1, 0.15) is 6.92 Å². The third-order valence-electron chi connectivity index (χ3n) is 4.17. The number of ether oxygens (including phenoxy) is 3. The van der Waals surface area contributed by atoms with Crippen molar-refractivity contribution >= 4 is 0 Å². The number of hydrogen-bond acceptors (Lipinski definition) is 13. The molecule has 30 heavy (non-hydrogen) atoms. The van der Waals surface area contributed by atoms with Gasteiger partial charge in [-0.25, -0.2) is 0 Å². The summed E-state index contributed by atoms with van der Waals surface area (Å²) in [5.74, 6) is -2.22. The monoisotopic (exact) mass is 446 g/mol. The molecule has 2 heterocycles. The van der Waals surface area contributed by atoms with E-state index < -0.39 is 74.6 Å². The summed E-state index contributed by atoms with van der Waals surface area (Å²) < 4.78 is 15.4. The second kappa shape index (κ2) is 14.3. The molecule has 0 amide bonds. The van der Waals surface area contributed by atoms with Gasteiger partial charge in [0, 0.05) is 0 Å². The first kappa shape index (κ1) is 29.2. The first-order valence-electron chi connectivity index (χ1n) is 9.17. The van der Waals surface area contributed by atoms with Crippen molar-refractivity contribution in [2.24, 2.45) is 0 Å². The Bertz CT molecular complexity index is 463. The van der Waals surface area contributed by atoms with Gasteiger partial charge in [-0.05, 0) is 6.92 Å². The second-order valence-corrected chi connectivity index (χ2v) is 6.41. The van der Waals surface area contributed by atoms with Crippen molar-refractivity contribution in [2.75, 3.05) is 33.0 Å². The summed E-state index contributed by atoms with van der Waals surface area (Å²) in [5, 5.41) is 91.9. The summed E-state index contributed by atoms with van der Waals surface area (Å²) in [6.45, 7) is 2.68. The molecule has 0 spiro atoms. The molecule has 0 aromatic heterocycles. The SMILES string of the molecule is C=CC.OCCO.OC[C@H]1O[C@@](CO)(O[C@H]2O[C@H](CO)[C@@H](O)[C@H](O)[C@H]2O)[C@@H](O)[C@@H]1O. The van der Waals surface area contributed by atoms with Crippen LogP contribution in [0.2, 0.25) is 0 Å². The minimum Gasteiger partial charge on any atom is -0.394 e. The number of aliphatic hydroxyl groups excluding tert-OH is 10. The van der Waals surface area contributed by atoms with Crippen molar-refractivity contribution in [1.29, 1.82) is 0 Å². The molecule has 10 N–H and O–H groups in total. The van der Waals surface area contributed by atoms with Crippen LogP contribution in [0.15, 0.2) is 12.7 Å². The fourth-order valence-corrected chi connectivity index (χ4v) is 2.63. The first-order chi connectivity index (χ1) is 14.1. The highest BCUT2D eigenvalue weighted by Crippen LogP contribution is 2.35. The van der Waals surface area contributed by atoms with E-state index in [1.807, 2.05) is 6.92 Å². The fourth-order valence-electron chi connectivity index (χ4n) is 2.63. The van der Waals surface area contributed by atoms with E-state index in [0.717, 1.165) is 0 Å². The van der Waals surface area contributed by atoms with Crippen molar-refractivity contribution in [3.05, 3.63) is 12.7 Å². The number of hydrogen-bond donors (Lipinski definition) is 10. The zero-order valence-corrected chi connectivity index (χ0v) is 16.6. The van der Waals surface area contributed by atoms with E-state index in [9.17, 15) is 30.6 Å². The van der Waals surface area contributed by atoms with Gasteiger partial charge in [-0.3, -0.25) is 0 Å². The van der Waals surface area contributed by atoms with Crippen LogP contribution >= 0.6 is 0 Å². The Morgan fingerprint density at radius 1 is 0.833 bits per heavy atom. The molecule has 2 rings (SSSR count). The minimum absolute atomic E-state index is 0.125. The Labute approximate surface area is 173 Å². The molecular weight excluding hydrogens is 412 g/mol. The molecule has 2 fully saturated rings. The largest absolute Gasteiger partial charge is 0.394 e. The summed E-state index contributed by atoms with van der Waals surface area (Å²) >= 11 is 0. The van der Waals surface area contributed by atoms with Gasteiger partial charge < -0.3 is 65.3 Å². The van der Waals surface area contributed by atoms with Gasteiger partial charge >= 0.3 is 0 Å². The third kappa shape index (κ3) is 7.13. The fraction of sp³-hybridized carbons (Fsp3) is 0.882. The van der Waals surface area contributed by atoms with Gasteiger partial charge in [-0.1, -0.05) is 6.08 Å². The lowest BCUT2D eigenvalue weighted by Crippen LogP contribution is -2.62. The van der Waals surface area contributed by atoms with Crippen LogP contribution in [0, 0.1) is 0 Å². The number of allylic oxidation sites excluding steroid dienone is 1. The van der Waals surface area contributed by atoms with Crippen molar-refractivity contribution < 1.29 is 65.3 Å². The van der Waals surface area contributed by atoms with E-state index >= 15 is 0 Å². The van der Waals surface area contributed by atoms with Crippen LogP contribution in [-0.2, 0) is 14.2 Å². The molecule has 0 unspecified atom stereocenters. The summed E-state index contributed by atoms with van der Waals surface area (Å²) in [6, 6.07) is 0. The summed E-state index contributed by atoms with van der Waals surface area (Å²) in [5.41, 5.74) is 0. The summed E-state index contributed by atoms with van der Waals surface area (Å²) in [4.78, 5) is 0. The Balaban J connectivity index is 0.00000105. The smallest absolute Gasteiger partial charge is 0.224 e. The molecule has 13 heteroatoms. The molecule has 2 aliphatic rings. The van der Waals surface area contributed by atoms with Gasteiger partial charge in [0.15, 0.2) is 6.29 Å². The maximum absolute atomic E-state index is 10.00. The molecule has 0 radical (unpaired) electrons. The summed E-state index contributed by atoms with van der Waals surface area (Å²) in [6.07, 6.45) is -10.9. The van der Waals surface area contributed by atoms with Crippen molar-refractivity contribution in [3.8, 4) is 0 Å². The maximum atomic E-state index is 10.00. The molecule has 9 atom stereocenters. The highest BCUT2D eigenvalue weighted by atomic mass is 16.8. The molecular formula is C17H34O13. The van der Waals surface area contributed by atoms with Gasteiger partial charge in [-0.15, -0.1) is 6.58 Å². The normalized spacial score (nSPS) is 40.6. The van der Waals surface area contributed by atoms with Gasteiger partial charge in [-0.2, -0.15) is 0 Å². The van der Waals surface area contributed by atoms with E-state index in [0.29, 0.717) is 0 Å². The topological polar surface area (TPSA) is 230 Å². The highest BCUT2D eigenvalue weighted by molar-refractivity contribution is 4.98. The summed E-state index contributed by atoms with van der Waals surface area (Å²) in [7, 11) is 0. The predicted molar refractivity (Wildman–Crippen MR) is 98.7 cm³/mol. The van der Waals surface area contributed by atoms with E-state index in [-0.39, 0.29) is 13.2 Å². The molecule has 2 aliphatic heterocycles. The van der Waals surface area contributed by atoms with Crippen LogP contribution in [0.5, 0.6) is 0 Å². The lowest BCUT2D eigenvalue weighted by molar-refractivity contribution is -0.383. The van der Waals surface area contributed by atoms with E-state index in [1.165, 1.54) is 0 Å². The molecule has 13 nitrogen and oxygen atoms in total. The van der Waals surface area contributed by atoms with E-state index in [4.69, 9.17) is 34.6 Å². The minimum atomic E-state index is -2.22. The van der Waals surface area contributed by atoms with Gasteiger partial charge in [0.05, 0.1) is 26.4 Å². The van der Waals surface area contributed by atoms with Crippen LogP contribution in [-0.4, -0.2) is 139 Å². The molecule has 0 aromatic rings. The first-order valence-corrected chi connectivity index (χ1v) is 9.17. The Morgan fingerprint density at radius 2 is 1.33 bits per heavy atom. The molecule has 0 aromatic carbocycles. The van der Waals surface area contributed by atoms with Crippen molar-refractivity contribution in [1.82, 2.24) is 0 Å². The lowest BCUT2D eigenvalue weighted by atomic mass is 9.99. The quantitative estimate of drug-likeness (QED) is 0.172. The van der Waals surface area contributed by atoms with E-state index in [1.54, 1.807) is 6.08 Å². The zero-order chi connectivity index (χ0) is 23.5. The molecule has 2 saturated heterocycles. The van der Waals surface area contributed by atoms with Crippen LogP contribution in [0.25, 0.3) is 0 Å². The average Bonchev–Trinajstić information content (AvgIpc) is 2.99. The predicted octanol–water partition coefficient (Wildman–Crippen LogP) is -5.23. The molecule has 180 valence electrons. The zero-order valence-electron chi connectivity index (χ0n) is 16.6. The van der Waals surface area contributed by atoms with E-state index in [2.05, 4.69) is 6.58 Å². The van der Waals surface area contributed by atoms with Crippen molar-refractivity contribution in [3.63, 3.8) is 0 Å². The molecule has 0 saturated carbocycles. The average molecular weight is 446 g/mol. The molecule has 0 bridgehead atoms. The standard InChI is InChI=1S/C12H22O11.C3H6.C2H6O2/c13-1-4-6(16)8(18)9(19)11(21-4)23-12(3-15)10(20)7(17)5(2-14)22-12;1-3-2;3-1-2-4/h4-11,13-20H,1-3H2;3H,1H2,2H3;3-4H,1-2H2/t4-,5-,6-,7-,8+,9-,10+,11-,12+;;/m1../s1. The highest BCUT2D eigenvalue weighted by Gasteiger charge is 2.58. The van der Waals surface area contributed by atoms with Crippen molar-refractivity contribution in [2.45, 2.75) is 61.7 Å². The second-order valence-electron chi connectivity index (χ2n) is 6.41. The van der Waals surface area contributed by atoms with Gasteiger partial charge in [0.25, 0.3) is 0 Å². The van der Waals surface area contributed by atoms with Crippen LogP contribution < -0.4 is 0 Å². The Morgan fingerprint density at radius 3 is 1.70 bits per heavy atom. The number of aliphatic hydroxyl groups is 10. The van der Waals surface area contributed by atoms with Gasteiger partial charge in [0.1, 0.15) is 49.3 Å². The Hall–Kier alpha value is -0.780. The molecule has 0 aliphatic carbocycles. The van der Waals surface area contributed by atoms with Crippen LogP contribution in [0.3, 0.4) is 0 Å².